The minimum Gasteiger partial charge on any atom is -0.393 e. The Morgan fingerprint density at radius 3 is 2.39 bits per heavy atom. The molecule has 2 atom stereocenters. The van der Waals surface area contributed by atoms with E-state index in [0.717, 1.165) is 6.07 Å². The van der Waals surface area contributed by atoms with E-state index in [1.54, 1.807) is 13.0 Å². The SMILES string of the molecule is CC(O)CC(C)NCc1ccccc1C(F)(F)F. The average molecular weight is 261 g/mol. The minimum atomic E-state index is -4.33. The van der Waals surface area contributed by atoms with Crippen molar-refractivity contribution in [2.75, 3.05) is 0 Å². The van der Waals surface area contributed by atoms with Gasteiger partial charge in [0.05, 0.1) is 11.7 Å². The van der Waals surface area contributed by atoms with Crippen LogP contribution in [-0.4, -0.2) is 17.3 Å². The summed E-state index contributed by atoms with van der Waals surface area (Å²) >= 11 is 0. The van der Waals surface area contributed by atoms with Gasteiger partial charge >= 0.3 is 6.18 Å². The smallest absolute Gasteiger partial charge is 0.393 e. The lowest BCUT2D eigenvalue weighted by Crippen LogP contribution is -2.29. The predicted octanol–water partition coefficient (Wildman–Crippen LogP) is 2.95. The van der Waals surface area contributed by atoms with Gasteiger partial charge in [-0.05, 0) is 31.9 Å². The maximum atomic E-state index is 12.7. The van der Waals surface area contributed by atoms with Gasteiger partial charge in [0.2, 0.25) is 0 Å². The van der Waals surface area contributed by atoms with E-state index in [1.807, 2.05) is 6.92 Å². The molecule has 0 aliphatic rings. The fraction of sp³-hybridized carbons (Fsp3) is 0.538. The zero-order valence-electron chi connectivity index (χ0n) is 10.5. The molecule has 0 amide bonds. The highest BCUT2D eigenvalue weighted by Crippen LogP contribution is 2.31. The summed E-state index contributed by atoms with van der Waals surface area (Å²) in [5.41, 5.74) is -0.385. The Morgan fingerprint density at radius 2 is 1.83 bits per heavy atom. The molecule has 0 radical (unpaired) electrons. The molecule has 0 spiro atoms. The number of halogens is 3. The minimum absolute atomic E-state index is 0.0358. The number of aliphatic hydroxyl groups is 1. The van der Waals surface area contributed by atoms with Crippen LogP contribution in [-0.2, 0) is 12.7 Å². The normalized spacial score (nSPS) is 15.4. The molecule has 0 bridgehead atoms. The second-order valence-electron chi connectivity index (χ2n) is 4.52. The summed E-state index contributed by atoms with van der Waals surface area (Å²) in [5.74, 6) is 0. The number of alkyl halides is 3. The van der Waals surface area contributed by atoms with Crippen molar-refractivity contribution >= 4 is 0 Å². The molecular formula is C13H18F3NO. The van der Waals surface area contributed by atoms with Crippen molar-refractivity contribution in [1.82, 2.24) is 5.32 Å². The van der Waals surface area contributed by atoms with E-state index in [9.17, 15) is 18.3 Å². The van der Waals surface area contributed by atoms with Crippen molar-refractivity contribution in [3.8, 4) is 0 Å². The zero-order valence-corrected chi connectivity index (χ0v) is 10.5. The van der Waals surface area contributed by atoms with Gasteiger partial charge in [0.1, 0.15) is 0 Å². The van der Waals surface area contributed by atoms with Crippen LogP contribution >= 0.6 is 0 Å². The van der Waals surface area contributed by atoms with Gasteiger partial charge in [0.25, 0.3) is 0 Å². The Kier molecular flexibility index (Phi) is 5.16. The summed E-state index contributed by atoms with van der Waals surface area (Å²) in [6, 6.07) is 5.48. The first-order valence-electron chi connectivity index (χ1n) is 5.87. The highest BCUT2D eigenvalue weighted by atomic mass is 19.4. The lowest BCUT2D eigenvalue weighted by molar-refractivity contribution is -0.138. The fourth-order valence-electron chi connectivity index (χ4n) is 1.83. The summed E-state index contributed by atoms with van der Waals surface area (Å²) in [5, 5.41) is 12.2. The molecule has 0 saturated heterocycles. The van der Waals surface area contributed by atoms with E-state index in [-0.39, 0.29) is 18.2 Å². The molecule has 0 fully saturated rings. The molecule has 1 aromatic rings. The summed E-state index contributed by atoms with van der Waals surface area (Å²) in [6.07, 6.45) is -4.29. The maximum absolute atomic E-state index is 12.7. The van der Waals surface area contributed by atoms with E-state index in [4.69, 9.17) is 0 Å². The van der Waals surface area contributed by atoms with E-state index in [1.165, 1.54) is 12.1 Å². The van der Waals surface area contributed by atoms with E-state index < -0.39 is 17.8 Å². The first-order chi connectivity index (χ1) is 8.30. The van der Waals surface area contributed by atoms with Gasteiger partial charge in [-0.25, -0.2) is 0 Å². The monoisotopic (exact) mass is 261 g/mol. The fourth-order valence-corrected chi connectivity index (χ4v) is 1.83. The molecule has 0 aliphatic heterocycles. The Bertz CT molecular complexity index is 377. The van der Waals surface area contributed by atoms with Crippen LogP contribution in [0, 0.1) is 0 Å². The lowest BCUT2D eigenvalue weighted by Gasteiger charge is -2.18. The summed E-state index contributed by atoms with van der Waals surface area (Å²) < 4.78 is 38.1. The van der Waals surface area contributed by atoms with E-state index in [0.29, 0.717) is 6.42 Å². The first-order valence-corrected chi connectivity index (χ1v) is 5.87. The van der Waals surface area contributed by atoms with Gasteiger partial charge in [-0.15, -0.1) is 0 Å². The van der Waals surface area contributed by atoms with Crippen LogP contribution in [0.4, 0.5) is 13.2 Å². The van der Waals surface area contributed by atoms with Gasteiger partial charge in [-0.2, -0.15) is 13.2 Å². The predicted molar refractivity (Wildman–Crippen MR) is 64.0 cm³/mol. The molecule has 1 aromatic carbocycles. The Morgan fingerprint density at radius 1 is 1.22 bits per heavy atom. The Balaban J connectivity index is 2.68. The molecule has 18 heavy (non-hydrogen) atoms. The zero-order chi connectivity index (χ0) is 13.8. The lowest BCUT2D eigenvalue weighted by atomic mass is 10.1. The summed E-state index contributed by atoms with van der Waals surface area (Å²) in [4.78, 5) is 0. The molecule has 2 unspecified atom stereocenters. The van der Waals surface area contributed by atoms with Crippen molar-refractivity contribution in [3.05, 3.63) is 35.4 Å². The van der Waals surface area contributed by atoms with Crippen molar-refractivity contribution in [1.29, 1.82) is 0 Å². The number of nitrogens with one attached hydrogen (secondary N) is 1. The third-order valence-electron chi connectivity index (χ3n) is 2.66. The van der Waals surface area contributed by atoms with Crippen molar-refractivity contribution in [2.24, 2.45) is 0 Å². The van der Waals surface area contributed by atoms with Crippen molar-refractivity contribution in [3.63, 3.8) is 0 Å². The average Bonchev–Trinajstić information content (AvgIpc) is 2.24. The molecule has 5 heteroatoms. The molecule has 1 rings (SSSR count). The molecule has 0 aromatic heterocycles. The van der Waals surface area contributed by atoms with Gasteiger partial charge in [-0.1, -0.05) is 18.2 Å². The second-order valence-corrected chi connectivity index (χ2v) is 4.52. The summed E-state index contributed by atoms with van der Waals surface area (Å²) in [6.45, 7) is 3.63. The topological polar surface area (TPSA) is 32.3 Å². The number of rotatable bonds is 5. The van der Waals surface area contributed by atoms with Gasteiger partial charge in [0, 0.05) is 12.6 Å². The van der Waals surface area contributed by atoms with Crippen LogP contribution in [0.15, 0.2) is 24.3 Å². The van der Waals surface area contributed by atoms with Gasteiger partial charge in [0.15, 0.2) is 0 Å². The van der Waals surface area contributed by atoms with Crippen LogP contribution < -0.4 is 5.32 Å². The summed E-state index contributed by atoms with van der Waals surface area (Å²) in [7, 11) is 0. The third kappa shape index (κ3) is 4.66. The highest BCUT2D eigenvalue weighted by Gasteiger charge is 2.32. The number of hydrogen-bond acceptors (Lipinski definition) is 2. The van der Waals surface area contributed by atoms with Crippen LogP contribution in [0.1, 0.15) is 31.4 Å². The second kappa shape index (κ2) is 6.20. The number of benzene rings is 1. The molecule has 0 heterocycles. The Hall–Kier alpha value is -1.07. The van der Waals surface area contributed by atoms with E-state index >= 15 is 0 Å². The number of aliphatic hydroxyl groups excluding tert-OH is 1. The molecular weight excluding hydrogens is 243 g/mol. The Labute approximate surface area is 105 Å². The molecule has 2 nitrogen and oxygen atoms in total. The van der Waals surface area contributed by atoms with E-state index in [2.05, 4.69) is 5.32 Å². The maximum Gasteiger partial charge on any atom is 0.416 e. The third-order valence-corrected chi connectivity index (χ3v) is 2.66. The van der Waals surface area contributed by atoms with Gasteiger partial charge < -0.3 is 10.4 Å². The van der Waals surface area contributed by atoms with Crippen LogP contribution in [0.25, 0.3) is 0 Å². The van der Waals surface area contributed by atoms with Crippen molar-refractivity contribution in [2.45, 2.75) is 45.1 Å². The van der Waals surface area contributed by atoms with Crippen LogP contribution in [0.2, 0.25) is 0 Å². The first kappa shape index (κ1) is 15.0. The largest absolute Gasteiger partial charge is 0.416 e. The molecule has 2 N–H and O–H groups in total. The molecule has 102 valence electrons. The highest BCUT2D eigenvalue weighted by molar-refractivity contribution is 5.29. The van der Waals surface area contributed by atoms with Gasteiger partial charge in [-0.3, -0.25) is 0 Å². The van der Waals surface area contributed by atoms with Crippen molar-refractivity contribution < 1.29 is 18.3 Å². The quantitative estimate of drug-likeness (QED) is 0.854. The standard InChI is InChI=1S/C13H18F3NO/c1-9(7-10(2)18)17-8-11-5-3-4-6-12(11)13(14,15)16/h3-6,9-10,17-18H,7-8H2,1-2H3. The van der Waals surface area contributed by atoms with Crippen LogP contribution in [0.5, 0.6) is 0 Å². The molecule has 0 saturated carbocycles. The number of hydrogen-bond donors (Lipinski definition) is 2. The molecule has 0 aliphatic carbocycles. The van der Waals surface area contributed by atoms with Crippen LogP contribution in [0.3, 0.4) is 0 Å².